The number of hydrogen-bond acceptors (Lipinski definition) is 2. The quantitative estimate of drug-likeness (QED) is 0.739. The van der Waals surface area contributed by atoms with E-state index in [9.17, 15) is 4.79 Å². The normalized spacial score (nSPS) is 11.0. The summed E-state index contributed by atoms with van der Waals surface area (Å²) in [4.78, 5) is 12.3. The summed E-state index contributed by atoms with van der Waals surface area (Å²) in [5, 5.41) is 3.67. The summed E-state index contributed by atoms with van der Waals surface area (Å²) in [5.41, 5.74) is 3.19. The van der Waals surface area contributed by atoms with Gasteiger partial charge in [0.25, 0.3) is 5.91 Å². The average molecular weight is 346 g/mol. The molecule has 1 N–H and O–H groups in total. The molecule has 2 aromatic carbocycles. The fourth-order valence-electron chi connectivity index (χ4n) is 2.55. The summed E-state index contributed by atoms with van der Waals surface area (Å²) >= 11 is 5.84. The molecule has 3 nitrogen and oxygen atoms in total. The molecule has 0 unspecified atom stereocenters. The number of carbonyl (C=O) groups excluding carboxylic acids is 1. The van der Waals surface area contributed by atoms with E-state index < -0.39 is 0 Å². The van der Waals surface area contributed by atoms with E-state index in [0.717, 1.165) is 16.8 Å². The van der Waals surface area contributed by atoms with Crippen LogP contribution in [0.5, 0.6) is 5.75 Å². The Labute approximate surface area is 149 Å². The number of nitrogens with one attached hydrogen (secondary N) is 1. The summed E-state index contributed by atoms with van der Waals surface area (Å²) in [5.74, 6) is 1.11. The predicted octanol–water partition coefficient (Wildman–Crippen LogP) is 5.60. The molecule has 0 aliphatic rings. The van der Waals surface area contributed by atoms with Gasteiger partial charge in [-0.3, -0.25) is 4.79 Å². The summed E-state index contributed by atoms with van der Waals surface area (Å²) in [7, 11) is 0. The van der Waals surface area contributed by atoms with E-state index in [4.69, 9.17) is 16.3 Å². The Bertz CT molecular complexity index is 667. The minimum atomic E-state index is -0.167. The van der Waals surface area contributed by atoms with E-state index in [1.54, 1.807) is 24.3 Å². The van der Waals surface area contributed by atoms with Crippen molar-refractivity contribution in [2.24, 2.45) is 0 Å². The minimum absolute atomic E-state index is 0.0361. The molecule has 0 fully saturated rings. The lowest BCUT2D eigenvalue weighted by Crippen LogP contribution is -2.22. The van der Waals surface area contributed by atoms with Crippen molar-refractivity contribution < 1.29 is 9.53 Å². The highest BCUT2D eigenvalue weighted by atomic mass is 35.5. The van der Waals surface area contributed by atoms with E-state index in [-0.39, 0.29) is 12.5 Å². The van der Waals surface area contributed by atoms with Gasteiger partial charge in [-0.2, -0.15) is 0 Å². The van der Waals surface area contributed by atoms with Crippen LogP contribution in [0.4, 0.5) is 5.69 Å². The standard InChI is InChI=1S/C20H24ClNO2/c1-13(2)17-6-5-7-18(14(3)4)20(17)22-19(23)12-24-16-10-8-15(21)9-11-16/h5-11,13-14H,12H2,1-4H3,(H,22,23). The van der Waals surface area contributed by atoms with Crippen molar-refractivity contribution in [1.29, 1.82) is 0 Å². The molecular formula is C20H24ClNO2. The Morgan fingerprint density at radius 3 is 2.04 bits per heavy atom. The zero-order valence-corrected chi connectivity index (χ0v) is 15.4. The molecule has 0 aliphatic carbocycles. The molecule has 24 heavy (non-hydrogen) atoms. The highest BCUT2D eigenvalue weighted by Crippen LogP contribution is 2.32. The SMILES string of the molecule is CC(C)c1cccc(C(C)C)c1NC(=O)COc1ccc(Cl)cc1. The molecule has 0 saturated carbocycles. The number of rotatable bonds is 6. The summed E-state index contributed by atoms with van der Waals surface area (Å²) in [6.45, 7) is 8.46. The molecule has 0 aliphatic heterocycles. The summed E-state index contributed by atoms with van der Waals surface area (Å²) in [6.07, 6.45) is 0. The Morgan fingerprint density at radius 1 is 1.00 bits per heavy atom. The average Bonchev–Trinajstić information content (AvgIpc) is 2.54. The lowest BCUT2D eigenvalue weighted by Gasteiger charge is -2.20. The van der Waals surface area contributed by atoms with Crippen molar-refractivity contribution in [2.75, 3.05) is 11.9 Å². The zero-order chi connectivity index (χ0) is 17.7. The van der Waals surface area contributed by atoms with Gasteiger partial charge < -0.3 is 10.1 Å². The van der Waals surface area contributed by atoms with Crippen LogP contribution in [0.15, 0.2) is 42.5 Å². The maximum Gasteiger partial charge on any atom is 0.262 e. The van der Waals surface area contributed by atoms with E-state index in [0.29, 0.717) is 22.6 Å². The molecular weight excluding hydrogens is 322 g/mol. The van der Waals surface area contributed by atoms with Crippen LogP contribution < -0.4 is 10.1 Å². The third kappa shape index (κ3) is 4.75. The smallest absolute Gasteiger partial charge is 0.262 e. The molecule has 0 aromatic heterocycles. The highest BCUT2D eigenvalue weighted by Gasteiger charge is 2.16. The van der Waals surface area contributed by atoms with E-state index in [2.05, 4.69) is 45.1 Å². The first kappa shape index (κ1) is 18.3. The van der Waals surface area contributed by atoms with E-state index in [1.165, 1.54) is 0 Å². The van der Waals surface area contributed by atoms with Crippen LogP contribution in [-0.4, -0.2) is 12.5 Å². The molecule has 0 radical (unpaired) electrons. The summed E-state index contributed by atoms with van der Waals surface area (Å²) in [6, 6.07) is 13.1. The van der Waals surface area contributed by atoms with Gasteiger partial charge in [0.1, 0.15) is 5.75 Å². The third-order valence-corrected chi connectivity index (χ3v) is 4.07. The van der Waals surface area contributed by atoms with Crippen LogP contribution in [-0.2, 0) is 4.79 Å². The zero-order valence-electron chi connectivity index (χ0n) is 14.6. The number of para-hydroxylation sites is 1. The molecule has 0 bridgehead atoms. The van der Waals surface area contributed by atoms with Crippen molar-refractivity contribution in [1.82, 2.24) is 0 Å². The molecule has 1 amide bonds. The van der Waals surface area contributed by atoms with Crippen LogP contribution in [0, 0.1) is 0 Å². The topological polar surface area (TPSA) is 38.3 Å². The van der Waals surface area contributed by atoms with Crippen molar-refractivity contribution in [2.45, 2.75) is 39.5 Å². The van der Waals surface area contributed by atoms with Crippen LogP contribution >= 0.6 is 11.6 Å². The van der Waals surface area contributed by atoms with Gasteiger partial charge in [-0.1, -0.05) is 57.5 Å². The van der Waals surface area contributed by atoms with Gasteiger partial charge in [0.2, 0.25) is 0 Å². The summed E-state index contributed by atoms with van der Waals surface area (Å²) < 4.78 is 5.53. The first-order valence-electron chi connectivity index (χ1n) is 8.19. The number of hydrogen-bond donors (Lipinski definition) is 1. The fraction of sp³-hybridized carbons (Fsp3) is 0.350. The molecule has 0 spiro atoms. The number of benzene rings is 2. The Hall–Kier alpha value is -2.00. The highest BCUT2D eigenvalue weighted by molar-refractivity contribution is 6.30. The van der Waals surface area contributed by atoms with Gasteiger partial charge in [0.15, 0.2) is 6.61 Å². The minimum Gasteiger partial charge on any atom is -0.484 e. The molecule has 4 heteroatoms. The Kier molecular flexibility index (Phi) is 6.27. The van der Waals surface area contributed by atoms with Gasteiger partial charge in [0, 0.05) is 10.7 Å². The first-order chi connectivity index (χ1) is 11.4. The van der Waals surface area contributed by atoms with Gasteiger partial charge in [-0.25, -0.2) is 0 Å². The Morgan fingerprint density at radius 2 is 1.54 bits per heavy atom. The number of ether oxygens (including phenoxy) is 1. The van der Waals surface area contributed by atoms with Crippen LogP contribution in [0.1, 0.15) is 50.7 Å². The third-order valence-electron chi connectivity index (χ3n) is 3.82. The van der Waals surface area contributed by atoms with Crippen molar-refractivity contribution in [3.63, 3.8) is 0 Å². The largest absolute Gasteiger partial charge is 0.484 e. The molecule has 2 rings (SSSR count). The second-order valence-electron chi connectivity index (χ2n) is 6.41. The second-order valence-corrected chi connectivity index (χ2v) is 6.85. The van der Waals surface area contributed by atoms with Gasteiger partial charge in [-0.05, 0) is 47.2 Å². The molecule has 128 valence electrons. The second kappa shape index (κ2) is 8.20. The fourth-order valence-corrected chi connectivity index (χ4v) is 2.68. The molecule has 0 heterocycles. The predicted molar refractivity (Wildman–Crippen MR) is 100 cm³/mol. The van der Waals surface area contributed by atoms with E-state index >= 15 is 0 Å². The lowest BCUT2D eigenvalue weighted by molar-refractivity contribution is -0.118. The van der Waals surface area contributed by atoms with Crippen molar-refractivity contribution in [3.05, 3.63) is 58.6 Å². The molecule has 0 saturated heterocycles. The van der Waals surface area contributed by atoms with Crippen molar-refractivity contribution in [3.8, 4) is 5.75 Å². The number of halogens is 1. The molecule has 0 atom stereocenters. The Balaban J connectivity index is 2.11. The van der Waals surface area contributed by atoms with Crippen LogP contribution in [0.3, 0.4) is 0 Å². The van der Waals surface area contributed by atoms with Gasteiger partial charge in [0.05, 0.1) is 0 Å². The lowest BCUT2D eigenvalue weighted by atomic mass is 9.92. The maximum atomic E-state index is 12.3. The number of amides is 1. The van der Waals surface area contributed by atoms with E-state index in [1.807, 2.05) is 6.07 Å². The number of carbonyl (C=O) groups is 1. The number of anilines is 1. The maximum absolute atomic E-state index is 12.3. The molecule has 2 aromatic rings. The first-order valence-corrected chi connectivity index (χ1v) is 8.57. The monoisotopic (exact) mass is 345 g/mol. The van der Waals surface area contributed by atoms with Crippen LogP contribution in [0.2, 0.25) is 5.02 Å². The van der Waals surface area contributed by atoms with Crippen molar-refractivity contribution >= 4 is 23.2 Å². The van der Waals surface area contributed by atoms with Gasteiger partial charge in [-0.15, -0.1) is 0 Å². The van der Waals surface area contributed by atoms with Crippen LogP contribution in [0.25, 0.3) is 0 Å². The van der Waals surface area contributed by atoms with Gasteiger partial charge >= 0.3 is 0 Å².